The fraction of sp³-hybridized carbons (Fsp3) is 0.300. The molecule has 0 bridgehead atoms. The Morgan fingerprint density at radius 1 is 1.14 bits per heavy atom. The van der Waals surface area contributed by atoms with Crippen LogP contribution in [0.3, 0.4) is 0 Å². The maximum absolute atomic E-state index is 15.0. The zero-order chi connectivity index (χ0) is 20.1. The second-order valence-corrected chi connectivity index (χ2v) is 9.46. The molecule has 2 aromatic carbocycles. The van der Waals surface area contributed by atoms with Crippen molar-refractivity contribution in [1.82, 2.24) is 0 Å². The van der Waals surface area contributed by atoms with Crippen LogP contribution in [0, 0.1) is 17.6 Å². The van der Waals surface area contributed by atoms with Gasteiger partial charge in [-0.05, 0) is 42.8 Å². The van der Waals surface area contributed by atoms with Crippen molar-refractivity contribution in [2.75, 3.05) is 13.2 Å². The van der Waals surface area contributed by atoms with Gasteiger partial charge in [0.25, 0.3) is 0 Å². The number of rotatable bonds is 3. The van der Waals surface area contributed by atoms with E-state index in [4.69, 9.17) is 21.1 Å². The van der Waals surface area contributed by atoms with E-state index in [1.54, 1.807) is 0 Å². The lowest BCUT2D eigenvalue weighted by Gasteiger charge is -2.49. The van der Waals surface area contributed by atoms with Crippen molar-refractivity contribution < 1.29 is 26.7 Å². The molecule has 148 valence electrons. The van der Waals surface area contributed by atoms with E-state index in [9.17, 15) is 12.8 Å². The second kappa shape index (κ2) is 6.83. The van der Waals surface area contributed by atoms with Crippen molar-refractivity contribution in [2.24, 2.45) is 5.92 Å². The summed E-state index contributed by atoms with van der Waals surface area (Å²) in [7, 11) is -4.17. The minimum atomic E-state index is -4.17. The van der Waals surface area contributed by atoms with Crippen molar-refractivity contribution in [3.05, 3.63) is 71.3 Å². The maximum atomic E-state index is 15.0. The normalized spacial score (nSPS) is 26.7. The SMILES string of the molecule is C=C[C@@H]1OCC[C@@]2(S(=O)(=O)c3ccc(Cl)cc3)c3c(F)ccc(F)c3OCC12. The number of hydrogen-bond acceptors (Lipinski definition) is 4. The number of ether oxygens (including phenoxy) is 2. The molecule has 4 rings (SSSR count). The second-order valence-electron chi connectivity index (χ2n) is 6.82. The summed E-state index contributed by atoms with van der Waals surface area (Å²) in [5.41, 5.74) is -0.283. The molecule has 4 nitrogen and oxygen atoms in total. The van der Waals surface area contributed by atoms with Crippen LogP contribution in [0.5, 0.6) is 5.75 Å². The summed E-state index contributed by atoms with van der Waals surface area (Å²) in [6.07, 6.45) is 0.747. The van der Waals surface area contributed by atoms with E-state index in [0.717, 1.165) is 12.1 Å². The third-order valence-electron chi connectivity index (χ3n) is 5.50. The lowest BCUT2D eigenvalue weighted by molar-refractivity contribution is -0.0478. The van der Waals surface area contributed by atoms with Gasteiger partial charge in [-0.3, -0.25) is 0 Å². The molecule has 3 atom stereocenters. The lowest BCUT2D eigenvalue weighted by atomic mass is 9.76. The standard InChI is InChI=1S/C20H17ClF2O4S/c1-2-17-14-11-27-19-16(23)8-7-15(22)18(19)20(14,9-10-26-17)28(24,25)13-5-3-12(21)4-6-13/h2-8,14,17H,1,9-11H2/t14?,17-,20-/m0/s1. The van der Waals surface area contributed by atoms with E-state index in [1.807, 2.05) is 0 Å². The molecule has 1 unspecified atom stereocenters. The average Bonchev–Trinajstić information content (AvgIpc) is 2.69. The summed E-state index contributed by atoms with van der Waals surface area (Å²) in [6.45, 7) is 3.62. The summed E-state index contributed by atoms with van der Waals surface area (Å²) in [4.78, 5) is -0.0249. The summed E-state index contributed by atoms with van der Waals surface area (Å²) in [5.74, 6) is -2.78. The molecule has 0 aliphatic carbocycles. The number of fused-ring (bicyclic) bond motifs is 3. The molecule has 2 aromatic rings. The highest BCUT2D eigenvalue weighted by molar-refractivity contribution is 7.92. The van der Waals surface area contributed by atoms with Gasteiger partial charge in [0.05, 0.1) is 23.2 Å². The molecule has 2 aliphatic heterocycles. The first-order valence-electron chi connectivity index (χ1n) is 8.68. The summed E-state index contributed by atoms with van der Waals surface area (Å²) < 4.78 is 66.6. The van der Waals surface area contributed by atoms with Gasteiger partial charge in [0, 0.05) is 17.5 Å². The molecule has 0 saturated carbocycles. The molecule has 0 spiro atoms. The van der Waals surface area contributed by atoms with Gasteiger partial charge in [-0.25, -0.2) is 17.2 Å². The van der Waals surface area contributed by atoms with Gasteiger partial charge in [0.2, 0.25) is 0 Å². The lowest BCUT2D eigenvalue weighted by Crippen LogP contribution is -2.57. The highest BCUT2D eigenvalue weighted by Crippen LogP contribution is 2.55. The molecule has 28 heavy (non-hydrogen) atoms. The number of hydrogen-bond donors (Lipinski definition) is 0. The van der Waals surface area contributed by atoms with Gasteiger partial charge in [0.15, 0.2) is 21.4 Å². The largest absolute Gasteiger partial charge is 0.490 e. The first-order valence-corrected chi connectivity index (χ1v) is 10.5. The molecule has 2 heterocycles. The minimum absolute atomic E-state index is 0.0249. The molecule has 0 amide bonds. The number of benzene rings is 2. The molecule has 2 aliphatic rings. The van der Waals surface area contributed by atoms with E-state index in [0.29, 0.717) is 5.02 Å². The van der Waals surface area contributed by atoms with Crippen molar-refractivity contribution in [1.29, 1.82) is 0 Å². The van der Waals surface area contributed by atoms with Crippen LogP contribution >= 0.6 is 11.6 Å². The van der Waals surface area contributed by atoms with Gasteiger partial charge >= 0.3 is 0 Å². The van der Waals surface area contributed by atoms with Gasteiger partial charge in [-0.15, -0.1) is 6.58 Å². The van der Waals surface area contributed by atoms with Crippen LogP contribution in [0.25, 0.3) is 0 Å². The fourth-order valence-electron chi connectivity index (χ4n) is 4.22. The van der Waals surface area contributed by atoms with Crippen LogP contribution in [0.15, 0.2) is 53.9 Å². The zero-order valence-electron chi connectivity index (χ0n) is 14.7. The molecule has 0 N–H and O–H groups in total. The van der Waals surface area contributed by atoms with E-state index in [1.165, 1.54) is 30.3 Å². The zero-order valence-corrected chi connectivity index (χ0v) is 16.3. The smallest absolute Gasteiger partial charge is 0.189 e. The Morgan fingerprint density at radius 2 is 1.82 bits per heavy atom. The predicted molar refractivity (Wildman–Crippen MR) is 100 cm³/mol. The Hall–Kier alpha value is -1.96. The molecule has 0 radical (unpaired) electrons. The molecular weight excluding hydrogens is 410 g/mol. The Labute approximate surface area is 166 Å². The maximum Gasteiger partial charge on any atom is 0.189 e. The monoisotopic (exact) mass is 426 g/mol. The Bertz CT molecular complexity index is 1040. The molecule has 1 saturated heterocycles. The average molecular weight is 427 g/mol. The fourth-order valence-corrected chi connectivity index (χ4v) is 6.67. The predicted octanol–water partition coefficient (Wildman–Crippen LogP) is 4.27. The quantitative estimate of drug-likeness (QED) is 0.688. The highest BCUT2D eigenvalue weighted by atomic mass is 35.5. The molecular formula is C20H17ClF2O4S. The van der Waals surface area contributed by atoms with Crippen LogP contribution in [0.4, 0.5) is 8.78 Å². The van der Waals surface area contributed by atoms with E-state index in [2.05, 4.69) is 6.58 Å². The van der Waals surface area contributed by atoms with Gasteiger partial charge in [-0.1, -0.05) is 17.7 Å². The molecule has 1 fully saturated rings. The van der Waals surface area contributed by atoms with Crippen LogP contribution in [0.2, 0.25) is 5.02 Å². The van der Waals surface area contributed by atoms with Crippen molar-refractivity contribution >= 4 is 21.4 Å². The minimum Gasteiger partial charge on any atom is -0.490 e. The Balaban J connectivity index is 2.05. The van der Waals surface area contributed by atoms with Gasteiger partial charge in [0.1, 0.15) is 10.6 Å². The van der Waals surface area contributed by atoms with E-state index < -0.39 is 38.2 Å². The topological polar surface area (TPSA) is 52.6 Å². The van der Waals surface area contributed by atoms with Crippen molar-refractivity contribution in [3.8, 4) is 5.75 Å². The third-order valence-corrected chi connectivity index (χ3v) is 8.32. The number of halogens is 3. The van der Waals surface area contributed by atoms with Gasteiger partial charge in [-0.2, -0.15) is 0 Å². The highest BCUT2D eigenvalue weighted by Gasteiger charge is 2.61. The Kier molecular flexibility index (Phi) is 4.72. The van der Waals surface area contributed by atoms with Crippen molar-refractivity contribution in [3.63, 3.8) is 0 Å². The Morgan fingerprint density at radius 3 is 2.50 bits per heavy atom. The third kappa shape index (κ3) is 2.60. The first-order chi connectivity index (χ1) is 13.3. The van der Waals surface area contributed by atoms with Gasteiger partial charge < -0.3 is 9.47 Å². The first kappa shape index (κ1) is 19.4. The molecule has 0 aromatic heterocycles. The molecule has 8 heteroatoms. The van der Waals surface area contributed by atoms with Crippen LogP contribution in [-0.4, -0.2) is 27.7 Å². The van der Waals surface area contributed by atoms with E-state index >= 15 is 4.39 Å². The summed E-state index contributed by atoms with van der Waals surface area (Å²) in [5, 5.41) is 0.369. The van der Waals surface area contributed by atoms with E-state index in [-0.39, 0.29) is 35.8 Å². The summed E-state index contributed by atoms with van der Waals surface area (Å²) >= 11 is 5.90. The van der Waals surface area contributed by atoms with Crippen LogP contribution < -0.4 is 4.74 Å². The summed E-state index contributed by atoms with van der Waals surface area (Å²) in [6, 6.07) is 7.50. The van der Waals surface area contributed by atoms with Crippen LogP contribution in [0.1, 0.15) is 12.0 Å². The van der Waals surface area contributed by atoms with Crippen LogP contribution in [-0.2, 0) is 19.3 Å². The number of sulfone groups is 1. The van der Waals surface area contributed by atoms with Crippen molar-refractivity contribution in [2.45, 2.75) is 22.2 Å².